The first-order valence-corrected chi connectivity index (χ1v) is 9.64. The van der Waals surface area contributed by atoms with Gasteiger partial charge in [-0.05, 0) is 48.7 Å². The lowest BCUT2D eigenvalue weighted by Gasteiger charge is -2.15. The molecule has 2 heterocycles. The summed E-state index contributed by atoms with van der Waals surface area (Å²) in [5, 5.41) is 4.00. The zero-order valence-electron chi connectivity index (χ0n) is 15.9. The first-order chi connectivity index (χ1) is 13.6. The van der Waals surface area contributed by atoms with E-state index in [0.717, 1.165) is 40.7 Å². The van der Waals surface area contributed by atoms with Gasteiger partial charge in [0, 0.05) is 42.7 Å². The van der Waals surface area contributed by atoms with Crippen LogP contribution in [0.4, 0.5) is 0 Å². The fraction of sp³-hybridized carbons (Fsp3) is 0.261. The third kappa shape index (κ3) is 3.74. The molecule has 0 atom stereocenters. The molecule has 142 valence electrons. The summed E-state index contributed by atoms with van der Waals surface area (Å²) in [5.41, 5.74) is 4.72. The van der Waals surface area contributed by atoms with Crippen molar-refractivity contribution in [2.45, 2.75) is 19.8 Å². The number of rotatable bonds is 5. The Morgan fingerprint density at radius 3 is 2.68 bits per heavy atom. The Morgan fingerprint density at radius 1 is 1.14 bits per heavy atom. The lowest BCUT2D eigenvalue weighted by atomic mass is 9.99. The Labute approximate surface area is 164 Å². The number of amides is 2. The number of fused-ring (bicyclic) bond motifs is 1. The van der Waals surface area contributed by atoms with Crippen molar-refractivity contribution in [3.63, 3.8) is 0 Å². The molecule has 0 aliphatic carbocycles. The number of aryl methyl sites for hydroxylation is 1. The summed E-state index contributed by atoms with van der Waals surface area (Å²) in [4.78, 5) is 30.4. The maximum absolute atomic E-state index is 12.4. The highest BCUT2D eigenvalue weighted by Gasteiger charge is 2.19. The van der Waals surface area contributed by atoms with E-state index in [1.165, 1.54) is 0 Å². The minimum Gasteiger partial charge on any atom is -0.350 e. The van der Waals surface area contributed by atoms with Crippen LogP contribution in [-0.2, 0) is 4.79 Å². The van der Waals surface area contributed by atoms with E-state index in [1.807, 2.05) is 49.4 Å². The number of benzene rings is 2. The van der Waals surface area contributed by atoms with Crippen LogP contribution in [0.5, 0.6) is 0 Å². The monoisotopic (exact) mass is 373 g/mol. The third-order valence-electron chi connectivity index (χ3n) is 5.14. The van der Waals surface area contributed by atoms with Crippen LogP contribution in [0.3, 0.4) is 0 Å². The van der Waals surface area contributed by atoms with E-state index in [0.29, 0.717) is 25.1 Å². The van der Waals surface area contributed by atoms with Gasteiger partial charge in [-0.15, -0.1) is 0 Å². The highest BCUT2D eigenvalue weighted by atomic mass is 16.2. The standard InChI is InChI=1S/C23H23N3O2/c1-16-15-20(19-5-2-3-6-21(19)25-16)17-8-10-18(11-9-17)23(28)24-12-14-26-13-4-7-22(26)27/h2-3,5-6,8-11,15H,4,7,12-14H2,1H3,(H,24,28). The summed E-state index contributed by atoms with van der Waals surface area (Å²) < 4.78 is 0. The first-order valence-electron chi connectivity index (χ1n) is 9.64. The molecule has 4 rings (SSSR count). The van der Waals surface area contributed by atoms with Gasteiger partial charge in [0.15, 0.2) is 0 Å². The minimum atomic E-state index is -0.117. The van der Waals surface area contributed by atoms with Crippen molar-refractivity contribution in [2.24, 2.45) is 0 Å². The minimum absolute atomic E-state index is 0.117. The van der Waals surface area contributed by atoms with Gasteiger partial charge in [0.1, 0.15) is 0 Å². The van der Waals surface area contributed by atoms with Gasteiger partial charge in [-0.2, -0.15) is 0 Å². The Bertz CT molecular complexity index is 1030. The normalized spacial score (nSPS) is 13.9. The molecule has 5 nitrogen and oxygen atoms in total. The summed E-state index contributed by atoms with van der Waals surface area (Å²) in [6.07, 6.45) is 1.54. The van der Waals surface area contributed by atoms with E-state index < -0.39 is 0 Å². The van der Waals surface area contributed by atoms with Crippen molar-refractivity contribution in [1.29, 1.82) is 0 Å². The lowest BCUT2D eigenvalue weighted by Crippen LogP contribution is -2.35. The average Bonchev–Trinajstić information content (AvgIpc) is 3.12. The van der Waals surface area contributed by atoms with Gasteiger partial charge in [0.25, 0.3) is 5.91 Å². The fourth-order valence-corrected chi connectivity index (χ4v) is 3.69. The SMILES string of the molecule is Cc1cc(-c2ccc(C(=O)NCCN3CCCC3=O)cc2)c2ccccc2n1. The molecule has 0 radical (unpaired) electrons. The largest absolute Gasteiger partial charge is 0.350 e. The Kier molecular flexibility index (Phi) is 5.06. The van der Waals surface area contributed by atoms with E-state index >= 15 is 0 Å². The molecule has 1 N–H and O–H groups in total. The Hall–Kier alpha value is -3.21. The van der Waals surface area contributed by atoms with Gasteiger partial charge < -0.3 is 10.2 Å². The number of nitrogens with zero attached hydrogens (tertiary/aromatic N) is 2. The second-order valence-corrected chi connectivity index (χ2v) is 7.15. The molecule has 2 aromatic carbocycles. The van der Waals surface area contributed by atoms with Gasteiger partial charge in [-0.25, -0.2) is 0 Å². The van der Waals surface area contributed by atoms with E-state index in [4.69, 9.17) is 0 Å². The van der Waals surface area contributed by atoms with Crippen LogP contribution >= 0.6 is 0 Å². The first kappa shape index (κ1) is 18.2. The van der Waals surface area contributed by atoms with Gasteiger partial charge >= 0.3 is 0 Å². The number of likely N-dealkylation sites (tertiary alicyclic amines) is 1. The molecule has 0 saturated carbocycles. The van der Waals surface area contributed by atoms with E-state index in [2.05, 4.69) is 22.4 Å². The number of carbonyl (C=O) groups excluding carboxylic acids is 2. The molecule has 5 heteroatoms. The number of pyridine rings is 1. The highest BCUT2D eigenvalue weighted by Crippen LogP contribution is 2.28. The maximum atomic E-state index is 12.4. The van der Waals surface area contributed by atoms with Crippen LogP contribution in [0.15, 0.2) is 54.6 Å². The molecule has 0 bridgehead atoms. The fourth-order valence-electron chi connectivity index (χ4n) is 3.69. The molecule has 3 aromatic rings. The van der Waals surface area contributed by atoms with Crippen molar-refractivity contribution in [1.82, 2.24) is 15.2 Å². The Morgan fingerprint density at radius 2 is 1.93 bits per heavy atom. The third-order valence-corrected chi connectivity index (χ3v) is 5.14. The van der Waals surface area contributed by atoms with E-state index in [1.54, 1.807) is 4.90 Å². The van der Waals surface area contributed by atoms with Crippen LogP contribution in [-0.4, -0.2) is 41.3 Å². The molecular formula is C23H23N3O2. The molecule has 1 aromatic heterocycles. The predicted molar refractivity (Wildman–Crippen MR) is 110 cm³/mol. The van der Waals surface area contributed by atoms with Crippen LogP contribution in [0, 0.1) is 6.92 Å². The van der Waals surface area contributed by atoms with Crippen molar-refractivity contribution in [3.8, 4) is 11.1 Å². The number of aromatic nitrogens is 1. The summed E-state index contributed by atoms with van der Waals surface area (Å²) in [5.74, 6) is 0.0624. The second kappa shape index (κ2) is 7.80. The molecule has 1 saturated heterocycles. The average molecular weight is 373 g/mol. The van der Waals surface area contributed by atoms with Gasteiger partial charge in [-0.1, -0.05) is 30.3 Å². The lowest BCUT2D eigenvalue weighted by molar-refractivity contribution is -0.127. The van der Waals surface area contributed by atoms with Crippen LogP contribution < -0.4 is 5.32 Å². The number of hydrogen-bond acceptors (Lipinski definition) is 3. The summed E-state index contributed by atoms with van der Waals surface area (Å²) in [7, 11) is 0. The zero-order chi connectivity index (χ0) is 19.5. The Balaban J connectivity index is 1.47. The predicted octanol–water partition coefficient (Wildman–Crippen LogP) is 3.56. The molecule has 1 fully saturated rings. The molecular weight excluding hydrogens is 350 g/mol. The van der Waals surface area contributed by atoms with Crippen LogP contribution in [0.25, 0.3) is 22.0 Å². The molecule has 1 aliphatic rings. The summed E-state index contributed by atoms with van der Waals surface area (Å²) >= 11 is 0. The number of nitrogens with one attached hydrogen (secondary N) is 1. The quantitative estimate of drug-likeness (QED) is 0.744. The van der Waals surface area contributed by atoms with Crippen LogP contribution in [0.2, 0.25) is 0 Å². The number of para-hydroxylation sites is 1. The number of hydrogen-bond donors (Lipinski definition) is 1. The summed E-state index contributed by atoms with van der Waals surface area (Å²) in [6.45, 7) is 3.83. The van der Waals surface area contributed by atoms with E-state index in [-0.39, 0.29) is 11.8 Å². The molecule has 0 unspecified atom stereocenters. The highest BCUT2D eigenvalue weighted by molar-refractivity contribution is 5.97. The van der Waals surface area contributed by atoms with Crippen molar-refractivity contribution < 1.29 is 9.59 Å². The molecule has 2 amide bonds. The maximum Gasteiger partial charge on any atom is 0.251 e. The van der Waals surface area contributed by atoms with Crippen molar-refractivity contribution >= 4 is 22.7 Å². The number of carbonyl (C=O) groups is 2. The molecule has 0 spiro atoms. The van der Waals surface area contributed by atoms with Gasteiger partial charge in [0.2, 0.25) is 5.91 Å². The van der Waals surface area contributed by atoms with E-state index in [9.17, 15) is 9.59 Å². The summed E-state index contributed by atoms with van der Waals surface area (Å²) in [6, 6.07) is 17.8. The molecule has 1 aliphatic heterocycles. The zero-order valence-corrected chi connectivity index (χ0v) is 15.9. The van der Waals surface area contributed by atoms with Crippen molar-refractivity contribution in [2.75, 3.05) is 19.6 Å². The second-order valence-electron chi connectivity index (χ2n) is 7.15. The van der Waals surface area contributed by atoms with Gasteiger partial charge in [0.05, 0.1) is 5.52 Å². The molecule has 28 heavy (non-hydrogen) atoms. The topological polar surface area (TPSA) is 62.3 Å². The smallest absolute Gasteiger partial charge is 0.251 e. The van der Waals surface area contributed by atoms with Crippen molar-refractivity contribution in [3.05, 3.63) is 65.9 Å². The van der Waals surface area contributed by atoms with Gasteiger partial charge in [-0.3, -0.25) is 14.6 Å². The van der Waals surface area contributed by atoms with Crippen LogP contribution in [0.1, 0.15) is 28.9 Å².